The molecule has 1 aromatic rings. The Hall–Kier alpha value is -2.99. The Morgan fingerprint density at radius 1 is 1.17 bits per heavy atom. The second-order valence-electron chi connectivity index (χ2n) is 8.28. The molecular formula is C21H24FN5O3. The first-order valence-corrected chi connectivity index (χ1v) is 10.2. The third-order valence-corrected chi connectivity index (χ3v) is 6.37. The summed E-state index contributed by atoms with van der Waals surface area (Å²) in [6, 6.07) is 7.24. The van der Waals surface area contributed by atoms with Crippen LogP contribution in [0.1, 0.15) is 23.2 Å². The number of nitriles is 1. The molecule has 1 aromatic carbocycles. The molecule has 2 unspecified atom stereocenters. The smallest absolute Gasteiger partial charge is 0.253 e. The fraction of sp³-hybridized carbons (Fsp3) is 0.524. The normalized spacial score (nSPS) is 27.1. The number of halogens is 1. The number of rotatable bonds is 6. The maximum Gasteiger partial charge on any atom is 0.253 e. The molecule has 2 heterocycles. The van der Waals surface area contributed by atoms with Gasteiger partial charge in [-0.2, -0.15) is 5.26 Å². The molecule has 9 heteroatoms. The van der Waals surface area contributed by atoms with E-state index in [4.69, 9.17) is 5.73 Å². The number of hydrogen-bond donors (Lipinski definition) is 1. The second-order valence-corrected chi connectivity index (χ2v) is 8.28. The number of hydrogen-bond acceptors (Lipinski definition) is 5. The molecule has 2 aliphatic heterocycles. The fourth-order valence-corrected chi connectivity index (χ4v) is 4.91. The van der Waals surface area contributed by atoms with Crippen LogP contribution in [-0.4, -0.2) is 77.2 Å². The Bertz CT molecular complexity index is 887. The van der Waals surface area contributed by atoms with Crippen LogP contribution < -0.4 is 5.73 Å². The lowest BCUT2D eigenvalue weighted by Crippen LogP contribution is -2.47. The molecule has 2 saturated heterocycles. The largest absolute Gasteiger partial charge is 0.369 e. The van der Waals surface area contributed by atoms with Crippen LogP contribution >= 0.6 is 0 Å². The van der Waals surface area contributed by atoms with Crippen molar-refractivity contribution in [3.05, 3.63) is 35.6 Å². The quantitative estimate of drug-likeness (QED) is 0.716. The number of benzene rings is 1. The predicted octanol–water partition coefficient (Wildman–Crippen LogP) is 0.198. The Kier molecular flexibility index (Phi) is 5.43. The average Bonchev–Trinajstić information content (AvgIpc) is 3.08. The molecule has 3 aliphatic rings. The molecule has 4 rings (SSSR count). The number of amides is 3. The highest BCUT2D eigenvalue weighted by Gasteiger charge is 2.59. The van der Waals surface area contributed by atoms with Crippen molar-refractivity contribution >= 4 is 17.7 Å². The minimum absolute atomic E-state index is 0.0156. The number of nitrogens with zero attached hydrogens (tertiary/aromatic N) is 4. The van der Waals surface area contributed by atoms with Crippen molar-refractivity contribution in [3.63, 3.8) is 0 Å². The zero-order valence-electron chi connectivity index (χ0n) is 16.5. The van der Waals surface area contributed by atoms with Crippen LogP contribution in [0.3, 0.4) is 0 Å². The number of primary amides is 1. The van der Waals surface area contributed by atoms with Crippen LogP contribution in [0.2, 0.25) is 0 Å². The third-order valence-electron chi connectivity index (χ3n) is 6.37. The maximum atomic E-state index is 13.1. The van der Waals surface area contributed by atoms with Gasteiger partial charge in [0.05, 0.1) is 19.2 Å². The third kappa shape index (κ3) is 3.87. The summed E-state index contributed by atoms with van der Waals surface area (Å²) in [4.78, 5) is 42.0. The van der Waals surface area contributed by atoms with Crippen LogP contribution in [0.15, 0.2) is 24.3 Å². The molecule has 3 atom stereocenters. The van der Waals surface area contributed by atoms with Gasteiger partial charge in [-0.25, -0.2) is 4.39 Å². The summed E-state index contributed by atoms with van der Waals surface area (Å²) in [5.41, 5.74) is 5.84. The summed E-state index contributed by atoms with van der Waals surface area (Å²) < 4.78 is 13.1. The van der Waals surface area contributed by atoms with Crippen molar-refractivity contribution in [1.82, 2.24) is 14.7 Å². The Morgan fingerprint density at radius 3 is 2.43 bits per heavy atom. The van der Waals surface area contributed by atoms with E-state index in [1.807, 2.05) is 0 Å². The van der Waals surface area contributed by atoms with Crippen molar-refractivity contribution in [1.29, 1.82) is 5.26 Å². The zero-order valence-corrected chi connectivity index (χ0v) is 16.5. The molecule has 1 saturated carbocycles. The van der Waals surface area contributed by atoms with Crippen molar-refractivity contribution in [2.45, 2.75) is 24.9 Å². The molecule has 0 spiro atoms. The van der Waals surface area contributed by atoms with Gasteiger partial charge in [-0.05, 0) is 48.9 Å². The molecule has 0 radical (unpaired) electrons. The number of fused-ring (bicyclic) bond motifs is 1. The molecule has 3 fully saturated rings. The second kappa shape index (κ2) is 8.03. The van der Waals surface area contributed by atoms with E-state index >= 15 is 0 Å². The van der Waals surface area contributed by atoms with Crippen molar-refractivity contribution in [3.8, 4) is 6.07 Å². The summed E-state index contributed by atoms with van der Waals surface area (Å²) in [7, 11) is 0. The highest BCUT2D eigenvalue weighted by molar-refractivity contribution is 5.94. The maximum absolute atomic E-state index is 13.1. The standard InChI is InChI=1S/C21H24FN5O3/c22-14-5-3-13(4-6-14)21(30)26-9-16-17(10-26)20(16)25(11-18(24)28)12-19(29)27-7-1-2-15(27)8-23/h3-6,15-17,20H,1-2,7,9-12H2,(H2,24,28)/t15-,16?,17?,20?/m0/s1. The lowest BCUT2D eigenvalue weighted by Gasteiger charge is -2.28. The van der Waals surface area contributed by atoms with Crippen LogP contribution in [-0.2, 0) is 9.59 Å². The number of likely N-dealkylation sites (tertiary alicyclic amines) is 2. The van der Waals surface area contributed by atoms with E-state index in [9.17, 15) is 24.0 Å². The first kappa shape index (κ1) is 20.3. The summed E-state index contributed by atoms with van der Waals surface area (Å²) in [5, 5.41) is 9.22. The van der Waals surface area contributed by atoms with E-state index in [0.717, 1.165) is 6.42 Å². The molecule has 2 N–H and O–H groups in total. The van der Waals surface area contributed by atoms with Gasteiger partial charge in [0.2, 0.25) is 11.8 Å². The molecule has 1 aliphatic carbocycles. The highest BCUT2D eigenvalue weighted by atomic mass is 19.1. The topological polar surface area (TPSA) is 111 Å². The lowest BCUT2D eigenvalue weighted by atomic mass is 10.2. The highest BCUT2D eigenvalue weighted by Crippen LogP contribution is 2.49. The van der Waals surface area contributed by atoms with E-state index in [0.29, 0.717) is 31.6 Å². The van der Waals surface area contributed by atoms with Gasteiger partial charge in [-0.3, -0.25) is 19.3 Å². The minimum Gasteiger partial charge on any atom is -0.369 e. The van der Waals surface area contributed by atoms with Gasteiger partial charge in [0, 0.05) is 31.2 Å². The predicted molar refractivity (Wildman–Crippen MR) is 104 cm³/mol. The number of piperidine rings is 1. The first-order chi connectivity index (χ1) is 14.4. The van der Waals surface area contributed by atoms with Crippen molar-refractivity contribution < 1.29 is 18.8 Å². The van der Waals surface area contributed by atoms with Crippen LogP contribution in [0, 0.1) is 29.0 Å². The number of nitrogens with two attached hydrogens (primary N) is 1. The average molecular weight is 413 g/mol. The van der Waals surface area contributed by atoms with Gasteiger partial charge in [0.1, 0.15) is 11.9 Å². The Labute approximate surface area is 174 Å². The monoisotopic (exact) mass is 413 g/mol. The van der Waals surface area contributed by atoms with E-state index < -0.39 is 11.9 Å². The summed E-state index contributed by atoms with van der Waals surface area (Å²) >= 11 is 0. The van der Waals surface area contributed by atoms with Crippen LogP contribution in [0.4, 0.5) is 4.39 Å². The van der Waals surface area contributed by atoms with Gasteiger partial charge in [-0.15, -0.1) is 0 Å². The number of carbonyl (C=O) groups excluding carboxylic acids is 3. The van der Waals surface area contributed by atoms with E-state index in [1.54, 1.807) is 14.7 Å². The SMILES string of the molecule is N#C[C@@H]1CCCN1C(=O)CN(CC(N)=O)C1C2CN(C(=O)c3ccc(F)cc3)CC21. The van der Waals surface area contributed by atoms with Gasteiger partial charge in [0.15, 0.2) is 0 Å². The van der Waals surface area contributed by atoms with Gasteiger partial charge < -0.3 is 15.5 Å². The first-order valence-electron chi connectivity index (χ1n) is 10.2. The molecule has 0 aromatic heterocycles. The summed E-state index contributed by atoms with van der Waals surface area (Å²) in [6.07, 6.45) is 1.47. The lowest BCUT2D eigenvalue weighted by molar-refractivity contribution is -0.133. The van der Waals surface area contributed by atoms with E-state index in [-0.39, 0.29) is 48.6 Å². The zero-order chi connectivity index (χ0) is 21.4. The summed E-state index contributed by atoms with van der Waals surface area (Å²) in [6.45, 7) is 1.63. The molecular weight excluding hydrogens is 389 g/mol. The fourth-order valence-electron chi connectivity index (χ4n) is 4.91. The molecule has 158 valence electrons. The van der Waals surface area contributed by atoms with Crippen molar-refractivity contribution in [2.24, 2.45) is 17.6 Å². The molecule has 8 nitrogen and oxygen atoms in total. The minimum atomic E-state index is -0.509. The van der Waals surface area contributed by atoms with Crippen LogP contribution in [0.5, 0.6) is 0 Å². The summed E-state index contributed by atoms with van der Waals surface area (Å²) in [5.74, 6) is -0.861. The molecule has 0 bridgehead atoms. The van der Waals surface area contributed by atoms with Crippen LogP contribution in [0.25, 0.3) is 0 Å². The van der Waals surface area contributed by atoms with Gasteiger partial charge in [-0.1, -0.05) is 0 Å². The van der Waals surface area contributed by atoms with Crippen molar-refractivity contribution in [2.75, 3.05) is 32.7 Å². The Balaban J connectivity index is 1.38. The van der Waals surface area contributed by atoms with E-state index in [2.05, 4.69) is 6.07 Å². The number of carbonyl (C=O) groups is 3. The van der Waals surface area contributed by atoms with E-state index in [1.165, 1.54) is 24.3 Å². The molecule has 3 amide bonds. The van der Waals surface area contributed by atoms with Gasteiger partial charge >= 0.3 is 0 Å². The van der Waals surface area contributed by atoms with Gasteiger partial charge in [0.25, 0.3) is 5.91 Å². The Morgan fingerprint density at radius 2 is 1.83 bits per heavy atom. The molecule has 30 heavy (non-hydrogen) atoms.